The van der Waals surface area contributed by atoms with Gasteiger partial charge in [-0.2, -0.15) is 0 Å². The van der Waals surface area contributed by atoms with Gasteiger partial charge in [-0.05, 0) is 81.3 Å². The Morgan fingerprint density at radius 2 is 1.46 bits per heavy atom. The van der Waals surface area contributed by atoms with Crippen molar-refractivity contribution >= 4 is 12.0 Å². The van der Waals surface area contributed by atoms with Gasteiger partial charge in [0.1, 0.15) is 17.2 Å². The summed E-state index contributed by atoms with van der Waals surface area (Å²) >= 11 is 0. The molecule has 0 aromatic heterocycles. The summed E-state index contributed by atoms with van der Waals surface area (Å²) in [5, 5.41) is 0. The van der Waals surface area contributed by atoms with Crippen LogP contribution < -0.4 is 0 Å². The molecule has 2 aliphatic heterocycles. The highest BCUT2D eigenvalue weighted by Gasteiger charge is 2.36. The van der Waals surface area contributed by atoms with Gasteiger partial charge in [0.05, 0.1) is 6.04 Å². The predicted octanol–water partition coefficient (Wildman–Crippen LogP) is 6.79. The third-order valence-corrected chi connectivity index (χ3v) is 8.19. The monoisotopic (exact) mass is 569 g/mol. The van der Waals surface area contributed by atoms with Gasteiger partial charge in [0.2, 0.25) is 5.91 Å². The summed E-state index contributed by atoms with van der Waals surface area (Å²) in [6.07, 6.45) is 4.77. The molecule has 2 aliphatic rings. The first-order valence-corrected chi connectivity index (χ1v) is 15.1. The highest BCUT2D eigenvalue weighted by Crippen LogP contribution is 2.33. The van der Waals surface area contributed by atoms with Crippen LogP contribution in [0, 0.1) is 17.6 Å². The first-order valence-electron chi connectivity index (χ1n) is 15.1. The molecule has 0 N–H and O–H groups in total. The van der Waals surface area contributed by atoms with Gasteiger partial charge in [-0.1, -0.05) is 44.0 Å². The molecule has 4 rings (SSSR count). The lowest BCUT2D eigenvalue weighted by molar-refractivity contribution is -0.138. The standard InChI is InChI=1S/C33H45F2N3O3/c1-5-6-7-29-23-37(31(25-8-12-27(34)13-9-25)26-10-14-28(35)15-11-26)20-21-38(29)30(39)22-24-16-18-36(19-17-24)32(40)41-33(2,3)4/h8-15,24,29,31H,5-7,16-23H2,1-4H3/t29-/m0/s1. The zero-order valence-electron chi connectivity index (χ0n) is 25.0. The second kappa shape index (κ2) is 13.8. The molecule has 6 nitrogen and oxygen atoms in total. The number of piperazine rings is 1. The van der Waals surface area contributed by atoms with E-state index < -0.39 is 5.60 Å². The Hall–Kier alpha value is -3.00. The number of amides is 2. The van der Waals surface area contributed by atoms with E-state index in [0.717, 1.165) is 43.2 Å². The van der Waals surface area contributed by atoms with Gasteiger partial charge in [0, 0.05) is 45.2 Å². The summed E-state index contributed by atoms with van der Waals surface area (Å²) in [7, 11) is 0. The summed E-state index contributed by atoms with van der Waals surface area (Å²) in [5.74, 6) is -0.154. The van der Waals surface area contributed by atoms with Crippen molar-refractivity contribution in [2.75, 3.05) is 32.7 Å². The molecule has 0 spiro atoms. The number of likely N-dealkylation sites (tertiary alicyclic amines) is 1. The lowest BCUT2D eigenvalue weighted by Crippen LogP contribution is -2.56. The second-order valence-electron chi connectivity index (χ2n) is 12.5. The van der Waals surface area contributed by atoms with Crippen molar-refractivity contribution in [1.29, 1.82) is 0 Å². The maximum atomic E-state index is 13.8. The molecule has 8 heteroatoms. The minimum atomic E-state index is -0.522. The van der Waals surface area contributed by atoms with Crippen molar-refractivity contribution in [2.24, 2.45) is 5.92 Å². The molecule has 2 saturated heterocycles. The lowest BCUT2D eigenvalue weighted by Gasteiger charge is -2.45. The molecule has 2 aromatic rings. The van der Waals surface area contributed by atoms with Gasteiger partial charge in [0.25, 0.3) is 0 Å². The molecule has 0 unspecified atom stereocenters. The molecule has 41 heavy (non-hydrogen) atoms. The fourth-order valence-electron chi connectivity index (χ4n) is 6.04. The van der Waals surface area contributed by atoms with Crippen molar-refractivity contribution in [3.63, 3.8) is 0 Å². The fourth-order valence-corrected chi connectivity index (χ4v) is 6.04. The van der Waals surface area contributed by atoms with E-state index in [4.69, 9.17) is 4.74 Å². The van der Waals surface area contributed by atoms with Gasteiger partial charge in [0.15, 0.2) is 0 Å². The second-order valence-corrected chi connectivity index (χ2v) is 12.5. The largest absolute Gasteiger partial charge is 0.444 e. The van der Waals surface area contributed by atoms with E-state index in [9.17, 15) is 18.4 Å². The molecule has 0 radical (unpaired) electrons. The number of benzene rings is 2. The number of unbranched alkanes of at least 4 members (excludes halogenated alkanes) is 1. The fraction of sp³-hybridized carbons (Fsp3) is 0.576. The first-order chi connectivity index (χ1) is 19.5. The van der Waals surface area contributed by atoms with E-state index in [0.29, 0.717) is 39.1 Å². The van der Waals surface area contributed by atoms with Crippen LogP contribution in [0.4, 0.5) is 13.6 Å². The van der Waals surface area contributed by atoms with Gasteiger partial charge in [-0.15, -0.1) is 0 Å². The molecular weight excluding hydrogens is 524 g/mol. The number of rotatable bonds is 8. The average Bonchev–Trinajstić information content (AvgIpc) is 2.93. The van der Waals surface area contributed by atoms with Crippen LogP contribution >= 0.6 is 0 Å². The summed E-state index contributed by atoms with van der Waals surface area (Å²) in [6.45, 7) is 11.0. The van der Waals surface area contributed by atoms with Crippen molar-refractivity contribution < 1.29 is 23.1 Å². The number of carbonyl (C=O) groups excluding carboxylic acids is 2. The number of carbonyl (C=O) groups is 2. The maximum Gasteiger partial charge on any atom is 0.410 e. The Morgan fingerprint density at radius 3 is 1.98 bits per heavy atom. The molecule has 1 atom stereocenters. The Labute approximate surface area is 243 Å². The Morgan fingerprint density at radius 1 is 0.902 bits per heavy atom. The topological polar surface area (TPSA) is 53.1 Å². The lowest BCUT2D eigenvalue weighted by atomic mass is 9.91. The first kappa shape index (κ1) is 30.9. The average molecular weight is 570 g/mol. The summed E-state index contributed by atoms with van der Waals surface area (Å²) in [5.41, 5.74) is 1.37. The Balaban J connectivity index is 1.43. The van der Waals surface area contributed by atoms with E-state index in [1.807, 2.05) is 20.8 Å². The molecule has 224 valence electrons. The number of hydrogen-bond donors (Lipinski definition) is 0. The predicted molar refractivity (Wildman–Crippen MR) is 156 cm³/mol. The zero-order valence-corrected chi connectivity index (χ0v) is 25.0. The zero-order chi connectivity index (χ0) is 29.6. The van der Waals surface area contributed by atoms with Crippen molar-refractivity contribution in [2.45, 2.75) is 83.9 Å². The Bertz CT molecular complexity index is 1100. The highest BCUT2D eigenvalue weighted by molar-refractivity contribution is 5.77. The van der Waals surface area contributed by atoms with Gasteiger partial charge < -0.3 is 14.5 Å². The third kappa shape index (κ3) is 8.51. The van der Waals surface area contributed by atoms with Crippen LogP contribution in [0.25, 0.3) is 0 Å². The number of piperidine rings is 1. The van der Waals surface area contributed by atoms with Crippen LogP contribution in [0.5, 0.6) is 0 Å². The highest BCUT2D eigenvalue weighted by atomic mass is 19.1. The molecule has 0 saturated carbocycles. The van der Waals surface area contributed by atoms with E-state index in [1.54, 1.807) is 29.2 Å². The van der Waals surface area contributed by atoms with Crippen molar-refractivity contribution in [3.8, 4) is 0 Å². The van der Waals surface area contributed by atoms with Crippen LogP contribution in [0.1, 0.15) is 83.4 Å². The van der Waals surface area contributed by atoms with Crippen LogP contribution in [-0.4, -0.2) is 71.1 Å². The Kier molecular flexibility index (Phi) is 10.4. The molecule has 0 bridgehead atoms. The SMILES string of the molecule is CCCC[C@H]1CN(C(c2ccc(F)cc2)c2ccc(F)cc2)CCN1C(=O)CC1CCN(C(=O)OC(C)(C)C)CC1. The van der Waals surface area contributed by atoms with Gasteiger partial charge in [-0.25, -0.2) is 13.6 Å². The van der Waals surface area contributed by atoms with Crippen molar-refractivity contribution in [1.82, 2.24) is 14.7 Å². The number of hydrogen-bond acceptors (Lipinski definition) is 4. The van der Waals surface area contributed by atoms with E-state index in [1.165, 1.54) is 24.3 Å². The summed E-state index contributed by atoms with van der Waals surface area (Å²) in [6, 6.07) is 13.0. The molecule has 2 fully saturated rings. The summed E-state index contributed by atoms with van der Waals surface area (Å²) < 4.78 is 33.1. The smallest absolute Gasteiger partial charge is 0.410 e. The van der Waals surface area contributed by atoms with Gasteiger partial charge in [-0.3, -0.25) is 9.69 Å². The van der Waals surface area contributed by atoms with Crippen LogP contribution in [-0.2, 0) is 9.53 Å². The molecule has 2 heterocycles. The third-order valence-electron chi connectivity index (χ3n) is 8.19. The minimum Gasteiger partial charge on any atom is -0.444 e. The minimum absolute atomic E-state index is 0.0708. The van der Waals surface area contributed by atoms with E-state index >= 15 is 0 Å². The quantitative estimate of drug-likeness (QED) is 0.351. The van der Waals surface area contributed by atoms with Crippen LogP contribution in [0.3, 0.4) is 0 Å². The van der Waals surface area contributed by atoms with Crippen LogP contribution in [0.2, 0.25) is 0 Å². The van der Waals surface area contributed by atoms with Gasteiger partial charge >= 0.3 is 6.09 Å². The van der Waals surface area contributed by atoms with Crippen molar-refractivity contribution in [3.05, 3.63) is 71.3 Å². The number of ether oxygens (including phenoxy) is 1. The molecule has 2 amide bonds. The molecular formula is C33H45F2N3O3. The molecule has 2 aromatic carbocycles. The van der Waals surface area contributed by atoms with E-state index in [-0.39, 0.29) is 41.6 Å². The maximum absolute atomic E-state index is 13.8. The number of nitrogens with zero attached hydrogens (tertiary/aromatic N) is 3. The van der Waals surface area contributed by atoms with E-state index in [2.05, 4.69) is 16.7 Å². The number of halogens is 2. The normalized spacial score (nSPS) is 19.0. The molecule has 0 aliphatic carbocycles. The van der Waals surface area contributed by atoms with Crippen LogP contribution in [0.15, 0.2) is 48.5 Å². The summed E-state index contributed by atoms with van der Waals surface area (Å²) in [4.78, 5) is 32.3.